The van der Waals surface area contributed by atoms with E-state index in [0.29, 0.717) is 21.4 Å². The summed E-state index contributed by atoms with van der Waals surface area (Å²) < 4.78 is 1.55. The molecule has 0 amide bonds. The van der Waals surface area contributed by atoms with Crippen LogP contribution in [0.1, 0.15) is 21.6 Å². The number of Topliss-reactive ketones (excluding diaryl/α,β-unsaturated/α-hetero) is 1. The molecule has 0 aliphatic carbocycles. The first kappa shape index (κ1) is 13.9. The second-order valence-corrected chi connectivity index (χ2v) is 5.15. The minimum atomic E-state index is -0.0906. The molecule has 0 saturated carbocycles. The molecule has 100 valence electrons. The van der Waals surface area contributed by atoms with Gasteiger partial charge in [0.15, 0.2) is 5.78 Å². The molecule has 0 unspecified atom stereocenters. The fourth-order valence-electron chi connectivity index (χ4n) is 1.91. The van der Waals surface area contributed by atoms with Crippen molar-refractivity contribution in [1.29, 1.82) is 0 Å². The van der Waals surface area contributed by atoms with Crippen molar-refractivity contribution in [2.45, 2.75) is 13.3 Å². The van der Waals surface area contributed by atoms with Gasteiger partial charge in [0.25, 0.3) is 0 Å². The maximum absolute atomic E-state index is 12.2. The van der Waals surface area contributed by atoms with Crippen molar-refractivity contribution >= 4 is 34.7 Å². The summed E-state index contributed by atoms with van der Waals surface area (Å²) >= 11 is 12.0. The molecular formula is C13H13Cl2N3O. The first-order valence-electron chi connectivity index (χ1n) is 5.65. The number of halogens is 2. The molecule has 0 bridgehead atoms. The molecule has 19 heavy (non-hydrogen) atoms. The van der Waals surface area contributed by atoms with Gasteiger partial charge < -0.3 is 5.73 Å². The number of nitrogens with two attached hydrogens (primary N) is 1. The van der Waals surface area contributed by atoms with Crippen molar-refractivity contribution in [3.05, 3.63) is 45.2 Å². The van der Waals surface area contributed by atoms with Crippen LogP contribution in [-0.4, -0.2) is 15.6 Å². The van der Waals surface area contributed by atoms with Crippen molar-refractivity contribution in [1.82, 2.24) is 9.78 Å². The number of carbonyl (C=O) groups is 1. The summed E-state index contributed by atoms with van der Waals surface area (Å²) in [5.74, 6) is -0.0906. The zero-order valence-electron chi connectivity index (χ0n) is 10.6. The molecule has 1 aromatic heterocycles. The minimum absolute atomic E-state index is 0.0906. The number of benzene rings is 1. The van der Waals surface area contributed by atoms with E-state index in [1.54, 1.807) is 29.9 Å². The molecule has 2 rings (SSSR count). The summed E-state index contributed by atoms with van der Waals surface area (Å²) in [5.41, 5.74) is 8.09. The highest BCUT2D eigenvalue weighted by molar-refractivity contribution is 6.31. The Kier molecular flexibility index (Phi) is 3.83. The van der Waals surface area contributed by atoms with Crippen molar-refractivity contribution in [3.63, 3.8) is 0 Å². The molecule has 0 atom stereocenters. The van der Waals surface area contributed by atoms with E-state index in [9.17, 15) is 4.79 Å². The van der Waals surface area contributed by atoms with E-state index in [4.69, 9.17) is 28.9 Å². The number of carbonyl (C=O) groups excluding carboxylic acids is 1. The van der Waals surface area contributed by atoms with Crippen LogP contribution in [0, 0.1) is 6.92 Å². The average molecular weight is 298 g/mol. The molecule has 0 spiro atoms. The first-order valence-corrected chi connectivity index (χ1v) is 6.41. The van der Waals surface area contributed by atoms with Crippen LogP contribution in [0.2, 0.25) is 10.2 Å². The highest BCUT2D eigenvalue weighted by Gasteiger charge is 2.16. The molecule has 4 nitrogen and oxygen atoms in total. The fraction of sp³-hybridized carbons (Fsp3) is 0.231. The number of aromatic nitrogens is 2. The second-order valence-electron chi connectivity index (χ2n) is 4.35. The maximum Gasteiger partial charge on any atom is 0.167 e. The van der Waals surface area contributed by atoms with E-state index in [-0.39, 0.29) is 12.2 Å². The van der Waals surface area contributed by atoms with E-state index in [0.717, 1.165) is 11.3 Å². The zero-order valence-corrected chi connectivity index (χ0v) is 12.1. The monoisotopic (exact) mass is 297 g/mol. The lowest BCUT2D eigenvalue weighted by Gasteiger charge is -2.04. The highest BCUT2D eigenvalue weighted by Crippen LogP contribution is 2.22. The van der Waals surface area contributed by atoms with Crippen LogP contribution < -0.4 is 5.73 Å². The van der Waals surface area contributed by atoms with Gasteiger partial charge in [0.05, 0.1) is 5.69 Å². The highest BCUT2D eigenvalue weighted by atomic mass is 35.5. The summed E-state index contributed by atoms with van der Waals surface area (Å²) in [6.07, 6.45) is 0.179. The number of hydrogen-bond donors (Lipinski definition) is 1. The van der Waals surface area contributed by atoms with Gasteiger partial charge in [-0.25, -0.2) is 0 Å². The van der Waals surface area contributed by atoms with Gasteiger partial charge in [0, 0.05) is 35.3 Å². The Morgan fingerprint density at radius 1 is 1.37 bits per heavy atom. The Balaban J connectivity index is 2.30. The summed E-state index contributed by atoms with van der Waals surface area (Å²) in [4.78, 5) is 12.2. The number of rotatable bonds is 3. The predicted molar refractivity (Wildman–Crippen MR) is 76.9 cm³/mol. The Bertz CT molecular complexity index is 629. The molecule has 0 aliphatic rings. The van der Waals surface area contributed by atoms with Gasteiger partial charge in [-0.15, -0.1) is 0 Å². The summed E-state index contributed by atoms with van der Waals surface area (Å²) in [7, 11) is 1.74. The van der Waals surface area contributed by atoms with Crippen molar-refractivity contribution in [2.24, 2.45) is 7.05 Å². The Morgan fingerprint density at radius 3 is 2.58 bits per heavy atom. The van der Waals surface area contributed by atoms with E-state index in [1.807, 2.05) is 6.92 Å². The van der Waals surface area contributed by atoms with Crippen LogP contribution in [-0.2, 0) is 13.5 Å². The normalized spacial score (nSPS) is 10.7. The molecular weight excluding hydrogens is 285 g/mol. The van der Waals surface area contributed by atoms with Crippen molar-refractivity contribution < 1.29 is 4.79 Å². The lowest BCUT2D eigenvalue weighted by atomic mass is 10.0. The topological polar surface area (TPSA) is 60.9 Å². The number of nitrogens with zero attached hydrogens (tertiary/aromatic N) is 2. The second kappa shape index (κ2) is 5.23. The van der Waals surface area contributed by atoms with Crippen molar-refractivity contribution in [3.8, 4) is 0 Å². The smallest absolute Gasteiger partial charge is 0.167 e. The van der Waals surface area contributed by atoms with Gasteiger partial charge in [-0.1, -0.05) is 23.2 Å². The molecule has 0 saturated heterocycles. The lowest BCUT2D eigenvalue weighted by molar-refractivity contribution is 0.0993. The molecule has 6 heteroatoms. The van der Waals surface area contributed by atoms with Crippen LogP contribution in [0.5, 0.6) is 0 Å². The quantitative estimate of drug-likeness (QED) is 0.700. The molecule has 1 aromatic carbocycles. The fourth-order valence-corrected chi connectivity index (χ4v) is 2.40. The Hall–Kier alpha value is -1.52. The van der Waals surface area contributed by atoms with Gasteiger partial charge in [-0.05, 0) is 25.1 Å². The molecule has 2 N–H and O–H groups in total. The lowest BCUT2D eigenvalue weighted by Crippen LogP contribution is -2.05. The van der Waals surface area contributed by atoms with E-state index < -0.39 is 0 Å². The number of aryl methyl sites for hydroxylation is 2. The van der Waals surface area contributed by atoms with Crippen LogP contribution in [0.3, 0.4) is 0 Å². The molecule has 2 aromatic rings. The van der Waals surface area contributed by atoms with E-state index in [1.165, 1.54) is 0 Å². The predicted octanol–water partition coefficient (Wildman–Crippen LogP) is 3.04. The SMILES string of the molecule is Cc1nn(C)c(Cl)c1CC(=O)c1cc(N)cc(Cl)c1. The van der Waals surface area contributed by atoms with Gasteiger partial charge in [-0.2, -0.15) is 5.10 Å². The van der Waals surface area contributed by atoms with Gasteiger partial charge in [-0.3, -0.25) is 9.48 Å². The third-order valence-electron chi connectivity index (χ3n) is 2.85. The van der Waals surface area contributed by atoms with Crippen LogP contribution >= 0.6 is 23.2 Å². The van der Waals surface area contributed by atoms with Crippen LogP contribution in [0.25, 0.3) is 0 Å². The van der Waals surface area contributed by atoms with Crippen LogP contribution in [0.15, 0.2) is 18.2 Å². The Labute approximate surface area is 121 Å². The zero-order chi connectivity index (χ0) is 14.2. The Morgan fingerprint density at radius 2 is 2.05 bits per heavy atom. The summed E-state index contributed by atoms with van der Waals surface area (Å²) in [5, 5.41) is 5.09. The van der Waals surface area contributed by atoms with E-state index in [2.05, 4.69) is 5.10 Å². The van der Waals surface area contributed by atoms with Gasteiger partial charge in [0.1, 0.15) is 5.15 Å². The number of hydrogen-bond acceptors (Lipinski definition) is 3. The molecule has 0 aliphatic heterocycles. The van der Waals surface area contributed by atoms with Gasteiger partial charge >= 0.3 is 0 Å². The third-order valence-corrected chi connectivity index (χ3v) is 3.54. The van der Waals surface area contributed by atoms with Gasteiger partial charge in [0.2, 0.25) is 0 Å². The number of anilines is 1. The minimum Gasteiger partial charge on any atom is -0.399 e. The standard InChI is InChI=1S/C13H13Cl2N3O/c1-7-11(13(15)18(2)17-7)6-12(19)8-3-9(14)5-10(16)4-8/h3-5H,6,16H2,1-2H3. The van der Waals surface area contributed by atoms with E-state index >= 15 is 0 Å². The third kappa shape index (κ3) is 2.91. The molecule has 0 fully saturated rings. The molecule has 0 radical (unpaired) electrons. The largest absolute Gasteiger partial charge is 0.399 e. The van der Waals surface area contributed by atoms with Crippen LogP contribution in [0.4, 0.5) is 5.69 Å². The average Bonchev–Trinajstić information content (AvgIpc) is 2.54. The number of nitrogen functional groups attached to an aromatic ring is 1. The number of ketones is 1. The maximum atomic E-state index is 12.2. The summed E-state index contributed by atoms with van der Waals surface area (Å²) in [6, 6.07) is 4.80. The first-order chi connectivity index (χ1) is 8.88. The van der Waals surface area contributed by atoms with Crippen molar-refractivity contribution in [2.75, 3.05) is 5.73 Å². The molecule has 1 heterocycles. The summed E-state index contributed by atoms with van der Waals surface area (Å²) in [6.45, 7) is 1.82.